The summed E-state index contributed by atoms with van der Waals surface area (Å²) < 4.78 is 0. The zero-order valence-electron chi connectivity index (χ0n) is 21.3. The van der Waals surface area contributed by atoms with E-state index in [4.69, 9.17) is 9.97 Å². The minimum absolute atomic E-state index is 0.0184. The van der Waals surface area contributed by atoms with Crippen LogP contribution in [0.4, 0.5) is 5.82 Å². The lowest BCUT2D eigenvalue weighted by Crippen LogP contribution is -2.50. The lowest BCUT2D eigenvalue weighted by atomic mass is 9.92. The minimum atomic E-state index is -0.0705. The highest BCUT2D eigenvalue weighted by molar-refractivity contribution is 7.98. The topological polar surface area (TPSA) is 69.6 Å². The van der Waals surface area contributed by atoms with Crippen molar-refractivity contribution in [3.63, 3.8) is 0 Å². The van der Waals surface area contributed by atoms with Crippen molar-refractivity contribution in [1.82, 2.24) is 19.8 Å². The number of anilines is 1. The third-order valence-corrected chi connectivity index (χ3v) is 7.02. The molecule has 8 heteroatoms. The first kappa shape index (κ1) is 26.0. The van der Waals surface area contributed by atoms with Crippen molar-refractivity contribution in [1.29, 1.82) is 0 Å². The van der Waals surface area contributed by atoms with Gasteiger partial charge in [0.25, 0.3) is 5.91 Å². The van der Waals surface area contributed by atoms with Crippen LogP contribution in [0.2, 0.25) is 0 Å². The maximum Gasteiger partial charge on any atom is 0.253 e. The van der Waals surface area contributed by atoms with Crippen LogP contribution in [0.1, 0.15) is 63.2 Å². The third kappa shape index (κ3) is 6.50. The van der Waals surface area contributed by atoms with Gasteiger partial charge in [-0.3, -0.25) is 9.59 Å². The van der Waals surface area contributed by atoms with Gasteiger partial charge in [-0.25, -0.2) is 9.97 Å². The Kier molecular flexibility index (Phi) is 8.57. The molecule has 2 aromatic rings. The van der Waals surface area contributed by atoms with Crippen LogP contribution < -0.4 is 4.90 Å². The number of hydrogen-bond donors (Lipinski definition) is 0. The molecule has 0 unspecified atom stereocenters. The van der Waals surface area contributed by atoms with E-state index in [2.05, 4.69) is 45.6 Å². The van der Waals surface area contributed by atoms with Gasteiger partial charge in [0, 0.05) is 69.0 Å². The SMILES string of the molecule is CCN(CC)c1cc(C(C)(C)C)nc(SCc2cccc(C(=O)N3CCN(C(C)=O)CC3)c2)n1. The normalized spacial score (nSPS) is 14.3. The summed E-state index contributed by atoms with van der Waals surface area (Å²) >= 11 is 1.60. The summed E-state index contributed by atoms with van der Waals surface area (Å²) in [6.07, 6.45) is 0. The molecule has 7 nitrogen and oxygen atoms in total. The molecule has 1 aliphatic rings. The van der Waals surface area contributed by atoms with Crippen molar-refractivity contribution in [2.24, 2.45) is 0 Å². The first-order valence-electron chi connectivity index (χ1n) is 12.0. The Labute approximate surface area is 207 Å². The summed E-state index contributed by atoms with van der Waals surface area (Å²) in [5.74, 6) is 1.73. The predicted molar refractivity (Wildman–Crippen MR) is 138 cm³/mol. The zero-order valence-corrected chi connectivity index (χ0v) is 22.1. The van der Waals surface area contributed by atoms with Crippen molar-refractivity contribution in [3.05, 3.63) is 47.2 Å². The van der Waals surface area contributed by atoms with E-state index in [1.54, 1.807) is 23.6 Å². The van der Waals surface area contributed by atoms with Crippen LogP contribution in [0.15, 0.2) is 35.5 Å². The molecule has 184 valence electrons. The van der Waals surface area contributed by atoms with Crippen LogP contribution in [0.5, 0.6) is 0 Å². The first-order valence-corrected chi connectivity index (χ1v) is 13.0. The number of carbonyl (C=O) groups is 2. The Morgan fingerprint density at radius 3 is 2.24 bits per heavy atom. The van der Waals surface area contributed by atoms with Gasteiger partial charge < -0.3 is 14.7 Å². The Bertz CT molecular complexity index is 1010. The number of amides is 2. The molecule has 0 aliphatic carbocycles. The number of benzene rings is 1. The van der Waals surface area contributed by atoms with Crippen LogP contribution in [0.25, 0.3) is 0 Å². The van der Waals surface area contributed by atoms with Crippen molar-refractivity contribution >= 4 is 29.4 Å². The van der Waals surface area contributed by atoms with Crippen LogP contribution in [-0.4, -0.2) is 70.9 Å². The minimum Gasteiger partial charge on any atom is -0.357 e. The van der Waals surface area contributed by atoms with Crippen LogP contribution >= 0.6 is 11.8 Å². The predicted octanol–water partition coefficient (Wildman–Crippen LogP) is 4.22. The first-order chi connectivity index (χ1) is 16.1. The molecule has 2 heterocycles. The highest BCUT2D eigenvalue weighted by Crippen LogP contribution is 2.28. The fourth-order valence-corrected chi connectivity index (χ4v) is 4.72. The van der Waals surface area contributed by atoms with E-state index in [9.17, 15) is 9.59 Å². The van der Waals surface area contributed by atoms with Crippen molar-refractivity contribution in [3.8, 4) is 0 Å². The highest BCUT2D eigenvalue weighted by Gasteiger charge is 2.24. The highest BCUT2D eigenvalue weighted by atomic mass is 32.2. The number of aromatic nitrogens is 2. The summed E-state index contributed by atoms with van der Waals surface area (Å²) in [6.45, 7) is 16.5. The second kappa shape index (κ2) is 11.2. The largest absolute Gasteiger partial charge is 0.357 e. The average molecular weight is 484 g/mol. The maximum absolute atomic E-state index is 13.0. The molecule has 0 atom stereocenters. The van der Waals surface area contributed by atoms with Gasteiger partial charge in [-0.15, -0.1) is 0 Å². The lowest BCUT2D eigenvalue weighted by molar-refractivity contribution is -0.130. The Balaban J connectivity index is 1.73. The van der Waals surface area contributed by atoms with E-state index in [-0.39, 0.29) is 17.2 Å². The number of piperazine rings is 1. The Hall–Kier alpha value is -2.61. The number of nitrogens with zero attached hydrogens (tertiary/aromatic N) is 5. The number of thioether (sulfide) groups is 1. The number of carbonyl (C=O) groups excluding carboxylic acids is 2. The Morgan fingerprint density at radius 1 is 1.00 bits per heavy atom. The summed E-state index contributed by atoms with van der Waals surface area (Å²) in [5.41, 5.74) is 2.70. The van der Waals surface area contributed by atoms with Crippen molar-refractivity contribution < 1.29 is 9.59 Å². The summed E-state index contributed by atoms with van der Waals surface area (Å²) in [5, 5.41) is 0.756. The zero-order chi connectivity index (χ0) is 24.9. The monoisotopic (exact) mass is 483 g/mol. The Morgan fingerprint density at radius 2 is 1.65 bits per heavy atom. The van der Waals surface area contributed by atoms with E-state index < -0.39 is 0 Å². The van der Waals surface area contributed by atoms with Crippen molar-refractivity contribution in [2.45, 2.75) is 57.9 Å². The molecule has 1 saturated heterocycles. The molecular weight excluding hydrogens is 446 g/mol. The molecule has 1 aliphatic heterocycles. The molecule has 0 N–H and O–H groups in total. The summed E-state index contributed by atoms with van der Waals surface area (Å²) in [6, 6.07) is 9.90. The van der Waals surface area contributed by atoms with Crippen LogP contribution in [0, 0.1) is 0 Å². The summed E-state index contributed by atoms with van der Waals surface area (Å²) in [4.78, 5) is 40.1. The fourth-order valence-electron chi connectivity index (χ4n) is 3.92. The molecule has 0 radical (unpaired) electrons. The second-order valence-corrected chi connectivity index (χ2v) is 10.5. The van der Waals surface area contributed by atoms with Gasteiger partial charge in [0.05, 0.1) is 5.69 Å². The smallest absolute Gasteiger partial charge is 0.253 e. The summed E-state index contributed by atoms with van der Waals surface area (Å²) in [7, 11) is 0. The molecule has 1 aromatic heterocycles. The van der Waals surface area contributed by atoms with E-state index in [0.29, 0.717) is 37.5 Å². The van der Waals surface area contributed by atoms with E-state index in [1.165, 1.54) is 0 Å². The molecule has 0 saturated carbocycles. The van der Waals surface area contributed by atoms with Crippen molar-refractivity contribution in [2.75, 3.05) is 44.2 Å². The van der Waals surface area contributed by atoms with Gasteiger partial charge in [-0.05, 0) is 31.5 Å². The van der Waals surface area contributed by atoms with E-state index in [0.717, 1.165) is 35.3 Å². The molecule has 1 fully saturated rings. The van der Waals surface area contributed by atoms with E-state index >= 15 is 0 Å². The quantitative estimate of drug-likeness (QED) is 0.434. The van der Waals surface area contributed by atoms with E-state index in [1.807, 2.05) is 29.2 Å². The molecule has 2 amide bonds. The molecule has 3 rings (SSSR count). The average Bonchev–Trinajstić information content (AvgIpc) is 2.82. The maximum atomic E-state index is 13.0. The van der Waals surface area contributed by atoms with Gasteiger partial charge in [0.1, 0.15) is 5.82 Å². The standard InChI is InChI=1S/C26H37N5O2S/c1-7-29(8-2)23-17-22(26(4,5)6)27-25(28-23)34-18-20-10-9-11-21(16-20)24(33)31-14-12-30(13-15-31)19(3)32/h9-11,16-17H,7-8,12-15,18H2,1-6H3. The molecule has 1 aromatic carbocycles. The second-order valence-electron chi connectivity index (χ2n) is 9.60. The van der Waals surface area contributed by atoms with Gasteiger partial charge in [-0.2, -0.15) is 0 Å². The molecular formula is C26H37N5O2S. The van der Waals surface area contributed by atoms with Crippen LogP contribution in [-0.2, 0) is 16.0 Å². The molecule has 0 spiro atoms. The van der Waals surface area contributed by atoms with Gasteiger partial charge in [0.15, 0.2) is 5.16 Å². The third-order valence-electron chi connectivity index (χ3n) is 6.10. The molecule has 0 bridgehead atoms. The van der Waals surface area contributed by atoms with Gasteiger partial charge in [0.2, 0.25) is 5.91 Å². The van der Waals surface area contributed by atoms with Gasteiger partial charge in [-0.1, -0.05) is 44.7 Å². The lowest BCUT2D eigenvalue weighted by Gasteiger charge is -2.34. The molecule has 34 heavy (non-hydrogen) atoms. The van der Waals surface area contributed by atoms with Crippen LogP contribution in [0.3, 0.4) is 0 Å². The van der Waals surface area contributed by atoms with Gasteiger partial charge >= 0.3 is 0 Å². The number of rotatable bonds is 7. The fraction of sp³-hybridized carbons (Fsp3) is 0.538. The number of hydrogen-bond acceptors (Lipinski definition) is 6.